The molecule has 0 bridgehead atoms. The average molecular weight is 448 g/mol. The molecule has 0 spiro atoms. The van der Waals surface area contributed by atoms with Crippen molar-refractivity contribution in [3.63, 3.8) is 0 Å². The van der Waals surface area contributed by atoms with E-state index in [2.05, 4.69) is 5.32 Å². The minimum absolute atomic E-state index is 0.00263. The number of imidazole rings is 1. The highest BCUT2D eigenvalue weighted by Crippen LogP contribution is 2.38. The fourth-order valence-electron chi connectivity index (χ4n) is 4.77. The van der Waals surface area contributed by atoms with Crippen LogP contribution in [0.5, 0.6) is 11.5 Å². The van der Waals surface area contributed by atoms with Gasteiger partial charge in [-0.15, -0.1) is 0 Å². The zero-order chi connectivity index (χ0) is 22.4. The number of para-hydroxylation sites is 2. The van der Waals surface area contributed by atoms with E-state index in [1.54, 1.807) is 23.1 Å². The van der Waals surface area contributed by atoms with Crippen molar-refractivity contribution in [2.24, 2.45) is 0 Å². The maximum Gasteiger partial charge on any atom is 0.253 e. The van der Waals surface area contributed by atoms with Gasteiger partial charge in [-0.25, -0.2) is 4.98 Å². The Kier molecular flexibility index (Phi) is 4.91. The Hall–Kier alpha value is -3.59. The molecular weight excluding hydrogens is 424 g/mol. The second-order valence-electron chi connectivity index (χ2n) is 8.48. The summed E-state index contributed by atoms with van der Waals surface area (Å²) in [6, 6.07) is 12.3. The molecular formula is C24H24N4O5. The van der Waals surface area contributed by atoms with E-state index in [-0.39, 0.29) is 24.3 Å². The molecule has 9 heteroatoms. The number of fused-ring (bicyclic) bond motifs is 4. The van der Waals surface area contributed by atoms with Gasteiger partial charge in [0.1, 0.15) is 19.3 Å². The molecule has 1 fully saturated rings. The lowest BCUT2D eigenvalue weighted by Crippen LogP contribution is -2.37. The zero-order valence-corrected chi connectivity index (χ0v) is 18.0. The van der Waals surface area contributed by atoms with Crippen LogP contribution in [0.25, 0.3) is 11.0 Å². The predicted octanol–water partition coefficient (Wildman–Crippen LogP) is 2.90. The van der Waals surface area contributed by atoms with Crippen LogP contribution < -0.4 is 19.7 Å². The van der Waals surface area contributed by atoms with Gasteiger partial charge in [-0.2, -0.15) is 0 Å². The number of aromatic nitrogens is 2. The molecule has 2 atom stereocenters. The standard InChI is InChI=1S/C24H24N4O5/c29-22(25-15-7-8-20-21(12-15)33-11-10-32-20)13-19-23(30)27(14-16-4-3-9-31-16)24-26-17-5-1-2-6-18(17)28(19)24/h1-2,5-8,12,16,19H,3-4,9-11,13-14H2,(H,25,29)/t16-,19-/m1/s1. The average Bonchev–Trinajstić information content (AvgIpc) is 3.53. The number of ether oxygens (including phenoxy) is 3. The third kappa shape index (κ3) is 3.58. The summed E-state index contributed by atoms with van der Waals surface area (Å²) in [4.78, 5) is 32.8. The highest BCUT2D eigenvalue weighted by Gasteiger charge is 2.42. The van der Waals surface area contributed by atoms with Crippen molar-refractivity contribution in [2.45, 2.75) is 31.4 Å². The Morgan fingerprint density at radius 1 is 1.09 bits per heavy atom. The zero-order valence-electron chi connectivity index (χ0n) is 18.0. The lowest BCUT2D eigenvalue weighted by atomic mass is 10.1. The lowest BCUT2D eigenvalue weighted by Gasteiger charge is -2.20. The Bertz CT molecular complexity index is 1230. The number of nitrogens with zero attached hydrogens (tertiary/aromatic N) is 3. The van der Waals surface area contributed by atoms with E-state index >= 15 is 0 Å². The fourth-order valence-corrected chi connectivity index (χ4v) is 4.77. The van der Waals surface area contributed by atoms with E-state index < -0.39 is 6.04 Å². The number of hydrogen-bond acceptors (Lipinski definition) is 6. The molecule has 2 aromatic carbocycles. The largest absolute Gasteiger partial charge is 0.486 e. The smallest absolute Gasteiger partial charge is 0.253 e. The summed E-state index contributed by atoms with van der Waals surface area (Å²) in [5.74, 6) is 1.45. The SMILES string of the molecule is O=C(C[C@@H]1C(=O)N(C[C@H]2CCCO2)c2nc3ccccc3n21)Nc1ccc2c(c1)OCCO2. The number of anilines is 2. The van der Waals surface area contributed by atoms with Crippen LogP contribution in [0.2, 0.25) is 0 Å². The summed E-state index contributed by atoms with van der Waals surface area (Å²) in [6.07, 6.45) is 1.90. The molecule has 170 valence electrons. The maximum atomic E-state index is 13.4. The van der Waals surface area contributed by atoms with Crippen LogP contribution in [0, 0.1) is 0 Å². The number of hydrogen-bond donors (Lipinski definition) is 1. The van der Waals surface area contributed by atoms with Gasteiger partial charge < -0.3 is 19.5 Å². The van der Waals surface area contributed by atoms with Gasteiger partial charge in [0.25, 0.3) is 5.91 Å². The Balaban J connectivity index is 1.26. The number of rotatable bonds is 5. The summed E-state index contributed by atoms with van der Waals surface area (Å²) in [7, 11) is 0. The molecule has 9 nitrogen and oxygen atoms in total. The second-order valence-corrected chi connectivity index (χ2v) is 8.48. The number of carbonyl (C=O) groups is 2. The number of amides is 2. The van der Waals surface area contributed by atoms with Gasteiger partial charge in [0, 0.05) is 18.4 Å². The summed E-state index contributed by atoms with van der Waals surface area (Å²) < 4.78 is 18.8. The molecule has 3 aromatic rings. The van der Waals surface area contributed by atoms with Crippen LogP contribution in [0.4, 0.5) is 11.6 Å². The quantitative estimate of drug-likeness (QED) is 0.645. The van der Waals surface area contributed by atoms with Gasteiger partial charge in [-0.3, -0.25) is 19.1 Å². The van der Waals surface area contributed by atoms with Crippen LogP contribution in [0.15, 0.2) is 42.5 Å². The topological polar surface area (TPSA) is 94.9 Å². The molecule has 0 radical (unpaired) electrons. The first-order valence-corrected chi connectivity index (χ1v) is 11.3. The number of nitrogens with one attached hydrogen (secondary N) is 1. The van der Waals surface area contributed by atoms with E-state index in [9.17, 15) is 9.59 Å². The predicted molar refractivity (Wildman–Crippen MR) is 121 cm³/mol. The molecule has 4 heterocycles. The Morgan fingerprint density at radius 2 is 1.94 bits per heavy atom. The molecule has 1 N–H and O–H groups in total. The molecule has 33 heavy (non-hydrogen) atoms. The second kappa shape index (κ2) is 8.08. The van der Waals surface area contributed by atoms with Crippen LogP contribution in [-0.2, 0) is 14.3 Å². The monoisotopic (exact) mass is 448 g/mol. The van der Waals surface area contributed by atoms with E-state index in [0.29, 0.717) is 49.5 Å². The van der Waals surface area contributed by atoms with E-state index in [4.69, 9.17) is 19.2 Å². The Labute approximate surface area is 190 Å². The van der Waals surface area contributed by atoms with Gasteiger partial charge in [0.2, 0.25) is 11.9 Å². The highest BCUT2D eigenvalue weighted by molar-refractivity contribution is 6.05. The molecule has 0 unspecified atom stereocenters. The third-order valence-electron chi connectivity index (χ3n) is 6.30. The van der Waals surface area contributed by atoms with Gasteiger partial charge in [-0.1, -0.05) is 12.1 Å². The van der Waals surface area contributed by atoms with Crippen molar-refractivity contribution in [3.05, 3.63) is 42.5 Å². The van der Waals surface area contributed by atoms with Crippen molar-refractivity contribution < 1.29 is 23.8 Å². The van der Waals surface area contributed by atoms with Crippen LogP contribution in [-0.4, -0.2) is 53.8 Å². The third-order valence-corrected chi connectivity index (χ3v) is 6.30. The number of benzene rings is 2. The summed E-state index contributed by atoms with van der Waals surface area (Å²) in [6.45, 7) is 2.14. The molecule has 1 aromatic heterocycles. The highest BCUT2D eigenvalue weighted by atomic mass is 16.6. The molecule has 3 aliphatic rings. The molecule has 2 amide bonds. The van der Waals surface area contributed by atoms with Gasteiger partial charge in [0.05, 0.1) is 30.1 Å². The van der Waals surface area contributed by atoms with Crippen LogP contribution in [0.3, 0.4) is 0 Å². The molecule has 0 saturated carbocycles. The number of carbonyl (C=O) groups excluding carboxylic acids is 2. The van der Waals surface area contributed by atoms with Gasteiger partial charge in [0.15, 0.2) is 11.5 Å². The van der Waals surface area contributed by atoms with Crippen LogP contribution in [0.1, 0.15) is 25.3 Å². The maximum absolute atomic E-state index is 13.4. The first-order valence-electron chi connectivity index (χ1n) is 11.3. The first-order chi connectivity index (χ1) is 16.2. The lowest BCUT2D eigenvalue weighted by molar-refractivity contribution is -0.124. The summed E-state index contributed by atoms with van der Waals surface area (Å²) in [5, 5.41) is 2.89. The van der Waals surface area contributed by atoms with Gasteiger partial charge in [-0.05, 0) is 37.1 Å². The van der Waals surface area contributed by atoms with Crippen LogP contribution >= 0.6 is 0 Å². The molecule has 0 aliphatic carbocycles. The Morgan fingerprint density at radius 3 is 2.79 bits per heavy atom. The molecule has 6 rings (SSSR count). The summed E-state index contributed by atoms with van der Waals surface area (Å²) >= 11 is 0. The van der Waals surface area contributed by atoms with Crippen molar-refractivity contribution in [3.8, 4) is 11.5 Å². The van der Waals surface area contributed by atoms with Crippen molar-refractivity contribution in [2.75, 3.05) is 36.6 Å². The molecule has 3 aliphatic heterocycles. The minimum Gasteiger partial charge on any atom is -0.486 e. The van der Waals surface area contributed by atoms with E-state index in [1.165, 1.54) is 0 Å². The van der Waals surface area contributed by atoms with E-state index in [0.717, 1.165) is 23.9 Å². The minimum atomic E-state index is -0.661. The van der Waals surface area contributed by atoms with Crippen molar-refractivity contribution in [1.29, 1.82) is 0 Å². The van der Waals surface area contributed by atoms with Crippen molar-refractivity contribution >= 4 is 34.5 Å². The van der Waals surface area contributed by atoms with E-state index in [1.807, 2.05) is 28.8 Å². The fraction of sp³-hybridized carbons (Fsp3) is 0.375. The van der Waals surface area contributed by atoms with Crippen molar-refractivity contribution in [1.82, 2.24) is 9.55 Å². The van der Waals surface area contributed by atoms with Gasteiger partial charge >= 0.3 is 0 Å². The molecule has 1 saturated heterocycles. The normalized spacial score (nSPS) is 21.5. The summed E-state index contributed by atoms with van der Waals surface area (Å²) in [5.41, 5.74) is 2.24. The first kappa shape index (κ1) is 20.0.